The van der Waals surface area contributed by atoms with Crippen molar-refractivity contribution in [1.29, 1.82) is 0 Å². The van der Waals surface area contributed by atoms with E-state index in [4.69, 9.17) is 4.74 Å². The highest BCUT2D eigenvalue weighted by molar-refractivity contribution is 7.10. The number of methoxy groups -OCH3 is 1. The highest BCUT2D eigenvalue weighted by Crippen LogP contribution is 2.22. The van der Waals surface area contributed by atoms with Gasteiger partial charge in [-0.3, -0.25) is 0 Å². The summed E-state index contributed by atoms with van der Waals surface area (Å²) in [5.74, 6) is 0.972. The number of ether oxygens (including phenoxy) is 1. The molecule has 2 aromatic rings. The summed E-state index contributed by atoms with van der Waals surface area (Å²) in [6.07, 6.45) is 0.972. The fourth-order valence-corrected chi connectivity index (χ4v) is 3.05. The first kappa shape index (κ1) is 14.1. The number of hydrogen-bond acceptors (Lipinski definition) is 3. The van der Waals surface area contributed by atoms with Crippen LogP contribution in [0.1, 0.15) is 30.3 Å². The van der Waals surface area contributed by atoms with Gasteiger partial charge in [0.2, 0.25) is 0 Å². The van der Waals surface area contributed by atoms with Crippen LogP contribution in [-0.4, -0.2) is 13.2 Å². The van der Waals surface area contributed by atoms with Gasteiger partial charge >= 0.3 is 0 Å². The van der Waals surface area contributed by atoms with Gasteiger partial charge in [-0.2, -0.15) is 0 Å². The van der Waals surface area contributed by atoms with Gasteiger partial charge in [0.15, 0.2) is 0 Å². The Labute approximate surface area is 119 Å². The molecular formula is C16H21NOS. The molecule has 1 unspecified atom stereocenters. The standard InChI is InChI=1S/C16H21NOS/c1-12(17-13(2)16-9-6-10-19-16)11-14-7-4-5-8-15(14)18-3/h4-10,12-13,17H,11H2,1-3H3/t12?,13-/m0/s1. The average Bonchev–Trinajstić information content (AvgIpc) is 2.93. The van der Waals surface area contributed by atoms with Crippen molar-refractivity contribution >= 4 is 11.3 Å². The van der Waals surface area contributed by atoms with Crippen LogP contribution >= 0.6 is 11.3 Å². The predicted molar refractivity (Wildman–Crippen MR) is 82.0 cm³/mol. The molecule has 0 aliphatic carbocycles. The Morgan fingerprint density at radius 3 is 2.63 bits per heavy atom. The highest BCUT2D eigenvalue weighted by atomic mass is 32.1. The smallest absolute Gasteiger partial charge is 0.122 e. The number of thiophene rings is 1. The van der Waals surface area contributed by atoms with Gasteiger partial charge in [0.25, 0.3) is 0 Å². The van der Waals surface area contributed by atoms with Crippen molar-refractivity contribution in [2.45, 2.75) is 32.4 Å². The van der Waals surface area contributed by atoms with E-state index in [0.717, 1.165) is 12.2 Å². The van der Waals surface area contributed by atoms with Gasteiger partial charge in [0.1, 0.15) is 5.75 Å². The second-order valence-corrected chi connectivity index (χ2v) is 5.80. The second kappa shape index (κ2) is 6.73. The predicted octanol–water partition coefficient (Wildman–Crippen LogP) is 4.04. The summed E-state index contributed by atoms with van der Waals surface area (Å²) in [5, 5.41) is 5.76. The second-order valence-electron chi connectivity index (χ2n) is 4.82. The first-order valence-electron chi connectivity index (χ1n) is 6.62. The first-order chi connectivity index (χ1) is 9.20. The van der Waals surface area contributed by atoms with E-state index in [1.165, 1.54) is 10.4 Å². The minimum Gasteiger partial charge on any atom is -0.496 e. The van der Waals surface area contributed by atoms with Crippen LogP contribution in [0.25, 0.3) is 0 Å². The van der Waals surface area contributed by atoms with Gasteiger partial charge in [-0.1, -0.05) is 24.3 Å². The van der Waals surface area contributed by atoms with E-state index in [-0.39, 0.29) is 0 Å². The van der Waals surface area contributed by atoms with Crippen LogP contribution in [0.15, 0.2) is 41.8 Å². The van der Waals surface area contributed by atoms with E-state index >= 15 is 0 Å². The van der Waals surface area contributed by atoms with Gasteiger partial charge in [-0.15, -0.1) is 11.3 Å². The Morgan fingerprint density at radius 1 is 1.16 bits per heavy atom. The maximum atomic E-state index is 5.40. The van der Waals surface area contributed by atoms with Crippen LogP contribution in [0.4, 0.5) is 0 Å². The van der Waals surface area contributed by atoms with Gasteiger partial charge in [0.05, 0.1) is 7.11 Å². The van der Waals surface area contributed by atoms with Crippen molar-refractivity contribution in [2.24, 2.45) is 0 Å². The van der Waals surface area contributed by atoms with Crippen molar-refractivity contribution < 1.29 is 4.74 Å². The molecule has 1 aromatic heterocycles. The minimum atomic E-state index is 0.393. The summed E-state index contributed by atoms with van der Waals surface area (Å²) in [4.78, 5) is 1.38. The van der Waals surface area contributed by atoms with Crippen molar-refractivity contribution in [3.63, 3.8) is 0 Å². The summed E-state index contributed by atoms with van der Waals surface area (Å²) in [5.41, 5.74) is 1.25. The molecule has 2 nitrogen and oxygen atoms in total. The molecule has 2 rings (SSSR count). The highest BCUT2D eigenvalue weighted by Gasteiger charge is 2.12. The van der Waals surface area contributed by atoms with Gasteiger partial charge in [-0.05, 0) is 43.3 Å². The zero-order valence-electron chi connectivity index (χ0n) is 11.7. The molecule has 19 heavy (non-hydrogen) atoms. The SMILES string of the molecule is COc1ccccc1CC(C)N[C@@H](C)c1cccs1. The maximum absolute atomic E-state index is 5.40. The zero-order valence-corrected chi connectivity index (χ0v) is 12.5. The topological polar surface area (TPSA) is 21.3 Å². The van der Waals surface area contributed by atoms with Crippen LogP contribution in [0.5, 0.6) is 5.75 Å². The fraction of sp³-hybridized carbons (Fsp3) is 0.375. The largest absolute Gasteiger partial charge is 0.496 e. The van der Waals surface area contributed by atoms with E-state index in [1.54, 1.807) is 18.4 Å². The average molecular weight is 275 g/mol. The normalized spacial score (nSPS) is 14.1. The number of rotatable bonds is 6. The Morgan fingerprint density at radius 2 is 1.95 bits per heavy atom. The lowest BCUT2D eigenvalue weighted by molar-refractivity contribution is 0.403. The molecule has 2 atom stereocenters. The van der Waals surface area contributed by atoms with Crippen LogP contribution in [0, 0.1) is 0 Å². The van der Waals surface area contributed by atoms with E-state index in [2.05, 4.69) is 48.8 Å². The summed E-state index contributed by atoms with van der Waals surface area (Å²) in [6, 6.07) is 13.3. The molecule has 0 aliphatic rings. The first-order valence-corrected chi connectivity index (χ1v) is 7.50. The van der Waals surface area contributed by atoms with Crippen LogP contribution in [0.2, 0.25) is 0 Å². The third-order valence-electron chi connectivity index (χ3n) is 3.22. The minimum absolute atomic E-state index is 0.393. The van der Waals surface area contributed by atoms with Crippen LogP contribution in [-0.2, 0) is 6.42 Å². The van der Waals surface area contributed by atoms with E-state index in [0.29, 0.717) is 12.1 Å². The molecule has 1 N–H and O–H groups in total. The third-order valence-corrected chi connectivity index (χ3v) is 4.28. The van der Waals surface area contributed by atoms with Crippen molar-refractivity contribution in [3.05, 3.63) is 52.2 Å². The third kappa shape index (κ3) is 3.82. The Bertz CT molecular complexity index is 495. The molecule has 0 amide bonds. The molecule has 1 aromatic carbocycles. The summed E-state index contributed by atoms with van der Waals surface area (Å²) >= 11 is 1.80. The van der Waals surface area contributed by atoms with Gasteiger partial charge < -0.3 is 10.1 Å². The van der Waals surface area contributed by atoms with Crippen molar-refractivity contribution in [3.8, 4) is 5.75 Å². The quantitative estimate of drug-likeness (QED) is 0.859. The molecule has 0 fully saturated rings. The molecule has 3 heteroatoms. The number of hydrogen-bond donors (Lipinski definition) is 1. The van der Waals surface area contributed by atoms with E-state index in [1.807, 2.05) is 12.1 Å². The number of benzene rings is 1. The molecule has 0 spiro atoms. The van der Waals surface area contributed by atoms with Gasteiger partial charge in [0, 0.05) is 17.0 Å². The zero-order chi connectivity index (χ0) is 13.7. The number of nitrogens with one attached hydrogen (secondary N) is 1. The van der Waals surface area contributed by atoms with Crippen molar-refractivity contribution in [2.75, 3.05) is 7.11 Å². The van der Waals surface area contributed by atoms with Crippen LogP contribution in [0.3, 0.4) is 0 Å². The fourth-order valence-electron chi connectivity index (χ4n) is 2.31. The Kier molecular flexibility index (Phi) is 5.00. The summed E-state index contributed by atoms with van der Waals surface area (Å²) < 4.78 is 5.40. The molecule has 102 valence electrons. The molecule has 0 bridgehead atoms. The molecule has 0 radical (unpaired) electrons. The molecular weight excluding hydrogens is 254 g/mol. The molecule has 0 aliphatic heterocycles. The van der Waals surface area contributed by atoms with Crippen LogP contribution < -0.4 is 10.1 Å². The van der Waals surface area contributed by atoms with Crippen molar-refractivity contribution in [1.82, 2.24) is 5.32 Å². The lowest BCUT2D eigenvalue weighted by atomic mass is 10.1. The van der Waals surface area contributed by atoms with Gasteiger partial charge in [-0.25, -0.2) is 0 Å². The maximum Gasteiger partial charge on any atom is 0.122 e. The Hall–Kier alpha value is -1.32. The van der Waals surface area contributed by atoms with E-state index < -0.39 is 0 Å². The molecule has 0 saturated heterocycles. The summed E-state index contributed by atoms with van der Waals surface area (Å²) in [6.45, 7) is 4.43. The Balaban J connectivity index is 1.95. The van der Waals surface area contributed by atoms with E-state index in [9.17, 15) is 0 Å². The lowest BCUT2D eigenvalue weighted by Crippen LogP contribution is -2.30. The number of para-hydroxylation sites is 1. The molecule has 0 saturated carbocycles. The summed E-state index contributed by atoms with van der Waals surface area (Å²) in [7, 11) is 1.73. The lowest BCUT2D eigenvalue weighted by Gasteiger charge is -2.20. The molecule has 1 heterocycles. The monoisotopic (exact) mass is 275 g/mol.